The van der Waals surface area contributed by atoms with Crippen molar-refractivity contribution in [2.75, 3.05) is 0 Å². The number of carboxylic acid groups (broad SMARTS) is 1. The van der Waals surface area contributed by atoms with Gasteiger partial charge in [0.1, 0.15) is 12.4 Å². The maximum Gasteiger partial charge on any atom is 0.396 e. The van der Waals surface area contributed by atoms with Crippen LogP contribution in [0.25, 0.3) is 0 Å². The third-order valence-electron chi connectivity index (χ3n) is 0.589. The highest BCUT2D eigenvalue weighted by molar-refractivity contribution is 6.31. The molecule has 0 spiro atoms. The van der Waals surface area contributed by atoms with Crippen LogP contribution < -0.4 is 5.11 Å². The second-order valence-corrected chi connectivity index (χ2v) is 1.50. The van der Waals surface area contributed by atoms with E-state index in [2.05, 4.69) is 0 Å². The molecule has 0 aromatic heterocycles. The molecule has 0 heterocycles. The van der Waals surface area contributed by atoms with Gasteiger partial charge in [0.2, 0.25) is 0 Å². The third kappa shape index (κ3) is 3.88. The van der Waals surface area contributed by atoms with Crippen LogP contribution in [-0.4, -0.2) is 17.9 Å². The molecular weight excluding hydrogens is 153 g/mol. The molecular formula is C4H2F3O3-. The molecule has 0 saturated carbocycles. The van der Waals surface area contributed by atoms with Gasteiger partial charge in [0.05, 0.1) is 0 Å². The van der Waals surface area contributed by atoms with E-state index in [4.69, 9.17) is 0 Å². The van der Waals surface area contributed by atoms with Crippen molar-refractivity contribution in [3.8, 4) is 0 Å². The van der Waals surface area contributed by atoms with Crippen LogP contribution in [0.15, 0.2) is 0 Å². The molecule has 0 unspecified atom stereocenters. The van der Waals surface area contributed by atoms with Crippen molar-refractivity contribution in [2.24, 2.45) is 0 Å². The van der Waals surface area contributed by atoms with Gasteiger partial charge in [-0.1, -0.05) is 0 Å². The number of Topliss-reactive ketones (excluding diaryl/α,β-unsaturated/α-hetero) is 1. The predicted molar refractivity (Wildman–Crippen MR) is 20.7 cm³/mol. The van der Waals surface area contributed by atoms with Crippen LogP contribution in [0.2, 0.25) is 0 Å². The van der Waals surface area contributed by atoms with Crippen molar-refractivity contribution in [2.45, 2.75) is 12.6 Å². The number of hydrogen-bond donors (Lipinski definition) is 0. The smallest absolute Gasteiger partial charge is 0.396 e. The van der Waals surface area contributed by atoms with E-state index in [0.717, 1.165) is 0 Å². The summed E-state index contributed by atoms with van der Waals surface area (Å²) in [7, 11) is 0. The molecule has 10 heavy (non-hydrogen) atoms. The molecule has 0 aromatic carbocycles. The van der Waals surface area contributed by atoms with Gasteiger partial charge >= 0.3 is 6.18 Å². The van der Waals surface area contributed by atoms with E-state index in [0.29, 0.717) is 0 Å². The van der Waals surface area contributed by atoms with Crippen molar-refractivity contribution < 1.29 is 27.9 Å². The fourth-order valence-electron chi connectivity index (χ4n) is 0.254. The first-order valence-corrected chi connectivity index (χ1v) is 2.14. The number of alkyl halides is 3. The normalized spacial score (nSPS) is 11.1. The van der Waals surface area contributed by atoms with E-state index < -0.39 is 24.3 Å². The lowest BCUT2D eigenvalue weighted by Crippen LogP contribution is -2.34. The Hall–Kier alpha value is -1.07. The zero-order chi connectivity index (χ0) is 8.36. The molecule has 6 heteroatoms. The van der Waals surface area contributed by atoms with E-state index in [1.807, 2.05) is 0 Å². The molecule has 0 aliphatic heterocycles. The third-order valence-corrected chi connectivity index (χ3v) is 0.589. The van der Waals surface area contributed by atoms with E-state index in [-0.39, 0.29) is 0 Å². The van der Waals surface area contributed by atoms with E-state index in [1.165, 1.54) is 0 Å². The first kappa shape index (κ1) is 8.93. The largest absolute Gasteiger partial charge is 0.542 e. The lowest BCUT2D eigenvalue weighted by atomic mass is 10.3. The molecule has 0 atom stereocenters. The Morgan fingerprint density at radius 3 is 1.80 bits per heavy atom. The minimum Gasteiger partial charge on any atom is -0.542 e. The van der Waals surface area contributed by atoms with Crippen LogP contribution in [-0.2, 0) is 9.59 Å². The zero-order valence-corrected chi connectivity index (χ0v) is 4.57. The first-order valence-electron chi connectivity index (χ1n) is 2.14. The summed E-state index contributed by atoms with van der Waals surface area (Å²) >= 11 is 0. The Morgan fingerprint density at radius 1 is 1.30 bits per heavy atom. The summed E-state index contributed by atoms with van der Waals surface area (Å²) in [6, 6.07) is 0. The average molecular weight is 155 g/mol. The zero-order valence-electron chi connectivity index (χ0n) is 4.57. The number of aliphatic carboxylic acids is 1. The Kier molecular flexibility index (Phi) is 2.39. The number of hydrogen-bond acceptors (Lipinski definition) is 3. The number of carbonyl (C=O) groups is 2. The number of carbonyl (C=O) groups excluding carboxylic acids is 2. The number of ketones is 1. The molecule has 0 radical (unpaired) electrons. The summed E-state index contributed by atoms with van der Waals surface area (Å²) in [5.41, 5.74) is 0. The molecule has 3 nitrogen and oxygen atoms in total. The maximum atomic E-state index is 11.2. The van der Waals surface area contributed by atoms with Crippen LogP contribution in [0, 0.1) is 0 Å². The Balaban J connectivity index is 3.93. The maximum absolute atomic E-state index is 11.2. The second kappa shape index (κ2) is 2.68. The summed E-state index contributed by atoms with van der Waals surface area (Å²) in [4.78, 5) is 19.2. The quantitative estimate of drug-likeness (QED) is 0.493. The highest BCUT2D eigenvalue weighted by Crippen LogP contribution is 2.19. The number of carboxylic acids is 1. The Morgan fingerprint density at radius 2 is 1.70 bits per heavy atom. The van der Waals surface area contributed by atoms with Crippen LogP contribution in [0.5, 0.6) is 0 Å². The highest BCUT2D eigenvalue weighted by atomic mass is 19.4. The van der Waals surface area contributed by atoms with Gasteiger partial charge in [-0.2, -0.15) is 13.2 Å². The molecule has 0 N–H and O–H groups in total. The van der Waals surface area contributed by atoms with Gasteiger partial charge < -0.3 is 9.90 Å². The van der Waals surface area contributed by atoms with E-state index in [1.54, 1.807) is 0 Å². The van der Waals surface area contributed by atoms with Crippen LogP contribution >= 0.6 is 0 Å². The molecule has 0 aromatic rings. The molecule has 58 valence electrons. The molecule has 0 aliphatic rings. The second-order valence-electron chi connectivity index (χ2n) is 1.50. The van der Waals surface area contributed by atoms with Gasteiger partial charge in [-0.25, -0.2) is 0 Å². The lowest BCUT2D eigenvalue weighted by molar-refractivity contribution is -0.301. The monoisotopic (exact) mass is 155 g/mol. The lowest BCUT2D eigenvalue weighted by Gasteiger charge is -2.04. The summed E-state index contributed by atoms with van der Waals surface area (Å²) < 4.78 is 33.5. The van der Waals surface area contributed by atoms with Crippen LogP contribution in [0.4, 0.5) is 13.2 Å². The Labute approximate surface area is 53.4 Å². The predicted octanol–water partition coefficient (Wildman–Crippen LogP) is -0.742. The minimum atomic E-state index is -4.77. The summed E-state index contributed by atoms with van der Waals surface area (Å²) in [6.45, 7) is 0. The van der Waals surface area contributed by atoms with Crippen molar-refractivity contribution in [1.29, 1.82) is 0 Å². The SMILES string of the molecule is O=C([O-])C(=O)CC(F)(F)F. The topological polar surface area (TPSA) is 57.2 Å². The summed E-state index contributed by atoms with van der Waals surface area (Å²) in [5, 5.41) is 9.42. The van der Waals surface area contributed by atoms with E-state index >= 15 is 0 Å². The summed E-state index contributed by atoms with van der Waals surface area (Å²) in [6.07, 6.45) is -6.73. The molecule has 0 saturated heterocycles. The van der Waals surface area contributed by atoms with Crippen molar-refractivity contribution in [3.63, 3.8) is 0 Å². The van der Waals surface area contributed by atoms with Gasteiger partial charge in [-0.05, 0) is 0 Å². The molecule has 0 amide bonds. The van der Waals surface area contributed by atoms with Crippen molar-refractivity contribution in [1.82, 2.24) is 0 Å². The summed E-state index contributed by atoms with van der Waals surface area (Å²) in [5.74, 6) is -4.26. The molecule has 0 rings (SSSR count). The Bertz CT molecular complexity index is 160. The fourth-order valence-corrected chi connectivity index (χ4v) is 0.254. The van der Waals surface area contributed by atoms with Gasteiger partial charge in [0, 0.05) is 0 Å². The van der Waals surface area contributed by atoms with Gasteiger partial charge in [-0.15, -0.1) is 0 Å². The number of halogens is 3. The van der Waals surface area contributed by atoms with Gasteiger partial charge in [0.15, 0.2) is 5.78 Å². The first-order chi connectivity index (χ1) is 4.33. The van der Waals surface area contributed by atoms with E-state index in [9.17, 15) is 27.9 Å². The highest BCUT2D eigenvalue weighted by Gasteiger charge is 2.31. The van der Waals surface area contributed by atoms with Crippen molar-refractivity contribution >= 4 is 11.8 Å². The van der Waals surface area contributed by atoms with Gasteiger partial charge in [-0.3, -0.25) is 4.79 Å². The minimum absolute atomic E-state index is 1.95. The standard InChI is InChI=1S/C4H3F3O3/c5-4(6,7)1-2(8)3(9)10/h1H2,(H,9,10)/p-1. The molecule has 0 bridgehead atoms. The fraction of sp³-hybridized carbons (Fsp3) is 0.500. The van der Waals surface area contributed by atoms with Crippen LogP contribution in [0.3, 0.4) is 0 Å². The molecule has 0 fully saturated rings. The average Bonchev–Trinajstić information content (AvgIpc) is 1.60. The van der Waals surface area contributed by atoms with Crippen molar-refractivity contribution in [3.05, 3.63) is 0 Å². The van der Waals surface area contributed by atoms with Gasteiger partial charge in [0.25, 0.3) is 0 Å². The molecule has 0 aliphatic carbocycles. The van der Waals surface area contributed by atoms with Crippen LogP contribution in [0.1, 0.15) is 6.42 Å². The number of rotatable bonds is 2.